The lowest BCUT2D eigenvalue weighted by Gasteiger charge is -2.38. The molecule has 1 aliphatic heterocycles. The topological polar surface area (TPSA) is 69.7 Å². The minimum atomic E-state index is 0.647. The van der Waals surface area contributed by atoms with Crippen LogP contribution in [0.15, 0.2) is 60.3 Å². The zero-order valence-corrected chi connectivity index (χ0v) is 16.8. The van der Waals surface area contributed by atoms with Crippen molar-refractivity contribution in [1.82, 2.24) is 20.2 Å². The van der Waals surface area contributed by atoms with E-state index in [1.807, 2.05) is 30.3 Å². The van der Waals surface area contributed by atoms with Gasteiger partial charge < -0.3 is 10.2 Å². The van der Waals surface area contributed by atoms with Gasteiger partial charge in [-0.05, 0) is 62.3 Å². The van der Waals surface area contributed by atoms with Crippen molar-refractivity contribution < 1.29 is 0 Å². The van der Waals surface area contributed by atoms with Gasteiger partial charge in [-0.3, -0.25) is 5.10 Å². The Bertz CT molecular complexity index is 1260. The molecule has 6 heteroatoms. The Morgan fingerprint density at radius 2 is 1.73 bits per heavy atom. The zero-order chi connectivity index (χ0) is 19.9. The summed E-state index contributed by atoms with van der Waals surface area (Å²) < 4.78 is 0. The van der Waals surface area contributed by atoms with Crippen molar-refractivity contribution in [2.24, 2.45) is 5.92 Å². The van der Waals surface area contributed by atoms with E-state index in [9.17, 15) is 0 Å². The van der Waals surface area contributed by atoms with Crippen LogP contribution in [0.2, 0.25) is 0 Å². The highest BCUT2D eigenvalue weighted by atomic mass is 15.3. The van der Waals surface area contributed by atoms with Gasteiger partial charge in [0.1, 0.15) is 5.82 Å². The fraction of sp³-hybridized carbons (Fsp3) is 0.292. The quantitative estimate of drug-likeness (QED) is 0.476. The number of aromatic amines is 1. The largest absolute Gasteiger partial charge is 0.322 e. The highest BCUT2D eigenvalue weighted by Gasteiger charge is 2.29. The van der Waals surface area contributed by atoms with Crippen LogP contribution in [0.4, 0.5) is 17.6 Å². The van der Waals surface area contributed by atoms with Gasteiger partial charge >= 0.3 is 0 Å². The minimum Gasteiger partial charge on any atom is -0.322 e. The number of nitrogens with zero attached hydrogens (tertiary/aromatic N) is 4. The highest BCUT2D eigenvalue weighted by Crippen LogP contribution is 2.38. The van der Waals surface area contributed by atoms with Gasteiger partial charge in [0.25, 0.3) is 0 Å². The smallest absolute Gasteiger partial charge is 0.232 e. The Kier molecular flexibility index (Phi) is 4.15. The summed E-state index contributed by atoms with van der Waals surface area (Å²) in [5.74, 6) is 3.02. The first-order chi connectivity index (χ1) is 14.9. The van der Waals surface area contributed by atoms with Gasteiger partial charge in [-0.2, -0.15) is 10.1 Å². The van der Waals surface area contributed by atoms with Crippen LogP contribution in [-0.2, 0) is 0 Å². The molecule has 2 aliphatic rings. The lowest BCUT2D eigenvalue weighted by Crippen LogP contribution is -2.35. The zero-order valence-electron chi connectivity index (χ0n) is 16.8. The number of aromatic nitrogens is 4. The van der Waals surface area contributed by atoms with Crippen molar-refractivity contribution in [1.29, 1.82) is 0 Å². The van der Waals surface area contributed by atoms with Crippen LogP contribution in [0.25, 0.3) is 21.8 Å². The summed E-state index contributed by atoms with van der Waals surface area (Å²) in [4.78, 5) is 12.3. The average Bonchev–Trinajstić information content (AvgIpc) is 3.21. The third kappa shape index (κ3) is 2.91. The summed E-state index contributed by atoms with van der Waals surface area (Å²) in [5, 5.41) is 13.1. The number of benzene rings is 2. The van der Waals surface area contributed by atoms with E-state index in [1.54, 1.807) is 0 Å². The fourth-order valence-corrected chi connectivity index (χ4v) is 4.84. The Hall–Kier alpha value is -3.41. The standard InChI is InChI=1S/C24H24N6/c1-6-14-21-16(8-1)9-7-15-30(21)24-25-19-12-4-2-10-17(19)22(27-24)26-23-18-11-3-5-13-20(18)28-29-23/h2-5,10-14,16H,1,6-9,15H2,(H2,25,26,27,28,29). The van der Waals surface area contributed by atoms with Crippen LogP contribution >= 0.6 is 0 Å². The van der Waals surface area contributed by atoms with Crippen LogP contribution in [0.1, 0.15) is 32.1 Å². The van der Waals surface area contributed by atoms with E-state index < -0.39 is 0 Å². The summed E-state index contributed by atoms with van der Waals surface area (Å²) in [7, 11) is 0. The van der Waals surface area contributed by atoms with E-state index in [2.05, 4.69) is 44.7 Å². The predicted octanol–water partition coefficient (Wildman–Crippen LogP) is 5.53. The van der Waals surface area contributed by atoms with Crippen molar-refractivity contribution in [3.8, 4) is 0 Å². The highest BCUT2D eigenvalue weighted by molar-refractivity contribution is 5.96. The maximum absolute atomic E-state index is 5.01. The second-order valence-electron chi connectivity index (χ2n) is 8.18. The number of rotatable bonds is 3. The van der Waals surface area contributed by atoms with Crippen LogP contribution in [-0.4, -0.2) is 26.7 Å². The Balaban J connectivity index is 1.46. The van der Waals surface area contributed by atoms with Crippen molar-refractivity contribution >= 4 is 39.4 Å². The van der Waals surface area contributed by atoms with Gasteiger partial charge in [-0.15, -0.1) is 0 Å². The SMILES string of the molecule is C1=C2C(CCC1)CCCN2c1nc(Nc2n[nH]c3ccccc23)c2ccccc2n1. The third-order valence-corrected chi connectivity index (χ3v) is 6.31. The lowest BCUT2D eigenvalue weighted by molar-refractivity contribution is 0.415. The summed E-state index contributed by atoms with van der Waals surface area (Å²) in [6.45, 7) is 0.978. The molecule has 3 heterocycles. The Morgan fingerprint density at radius 3 is 2.70 bits per heavy atom. The first-order valence-corrected chi connectivity index (χ1v) is 10.8. The molecule has 2 N–H and O–H groups in total. The monoisotopic (exact) mass is 396 g/mol. The molecule has 150 valence electrons. The molecule has 2 aromatic heterocycles. The second-order valence-corrected chi connectivity index (χ2v) is 8.18. The van der Waals surface area contributed by atoms with Crippen molar-refractivity contribution in [3.05, 3.63) is 60.3 Å². The average molecular weight is 396 g/mol. The molecule has 6 nitrogen and oxygen atoms in total. The maximum atomic E-state index is 5.01. The molecular formula is C24H24N6. The van der Waals surface area contributed by atoms with Gasteiger partial charge in [0.2, 0.25) is 5.95 Å². The molecule has 1 saturated heterocycles. The van der Waals surface area contributed by atoms with E-state index in [4.69, 9.17) is 9.97 Å². The number of nitrogens with one attached hydrogen (secondary N) is 2. The number of fused-ring (bicyclic) bond motifs is 3. The molecule has 2 aromatic carbocycles. The summed E-state index contributed by atoms with van der Waals surface area (Å²) in [6, 6.07) is 16.3. The Labute approximate surface area is 175 Å². The van der Waals surface area contributed by atoms with E-state index in [-0.39, 0.29) is 0 Å². The van der Waals surface area contributed by atoms with Gasteiger partial charge in [-0.25, -0.2) is 4.98 Å². The first-order valence-electron chi connectivity index (χ1n) is 10.8. The lowest BCUT2D eigenvalue weighted by atomic mass is 9.85. The number of para-hydroxylation sites is 2. The van der Waals surface area contributed by atoms with Crippen molar-refractivity contribution in [2.45, 2.75) is 32.1 Å². The minimum absolute atomic E-state index is 0.647. The summed E-state index contributed by atoms with van der Waals surface area (Å²) in [5.41, 5.74) is 3.37. The number of anilines is 3. The maximum Gasteiger partial charge on any atom is 0.232 e. The second kappa shape index (κ2) is 7.13. The number of allylic oxidation sites excluding steroid dienone is 2. The summed E-state index contributed by atoms with van der Waals surface area (Å²) in [6.07, 6.45) is 8.59. The molecule has 0 bridgehead atoms. The molecule has 0 spiro atoms. The molecule has 30 heavy (non-hydrogen) atoms. The van der Waals surface area contributed by atoms with Gasteiger partial charge in [-0.1, -0.05) is 30.3 Å². The van der Waals surface area contributed by atoms with Crippen LogP contribution < -0.4 is 10.2 Å². The fourth-order valence-electron chi connectivity index (χ4n) is 4.84. The Morgan fingerprint density at radius 1 is 0.900 bits per heavy atom. The molecule has 1 aliphatic carbocycles. The van der Waals surface area contributed by atoms with E-state index in [1.165, 1.54) is 31.4 Å². The number of piperidine rings is 1. The van der Waals surface area contributed by atoms with Crippen molar-refractivity contribution in [3.63, 3.8) is 0 Å². The van der Waals surface area contributed by atoms with E-state index >= 15 is 0 Å². The van der Waals surface area contributed by atoms with Crippen LogP contribution in [0.3, 0.4) is 0 Å². The van der Waals surface area contributed by atoms with Gasteiger partial charge in [0, 0.05) is 23.0 Å². The van der Waals surface area contributed by atoms with Gasteiger partial charge in [0.05, 0.1) is 11.0 Å². The molecule has 6 rings (SSSR count). The van der Waals surface area contributed by atoms with Gasteiger partial charge in [0.15, 0.2) is 5.82 Å². The van der Waals surface area contributed by atoms with E-state index in [0.717, 1.165) is 52.4 Å². The van der Waals surface area contributed by atoms with Crippen LogP contribution in [0.5, 0.6) is 0 Å². The van der Waals surface area contributed by atoms with Crippen molar-refractivity contribution in [2.75, 3.05) is 16.8 Å². The molecule has 0 amide bonds. The molecule has 0 saturated carbocycles. The molecule has 0 radical (unpaired) electrons. The predicted molar refractivity (Wildman–Crippen MR) is 121 cm³/mol. The first kappa shape index (κ1) is 17.4. The normalized spacial score (nSPS) is 19.0. The molecular weight excluding hydrogens is 372 g/mol. The van der Waals surface area contributed by atoms with E-state index in [0.29, 0.717) is 5.92 Å². The number of hydrogen-bond acceptors (Lipinski definition) is 5. The van der Waals surface area contributed by atoms with Crippen LogP contribution in [0, 0.1) is 5.92 Å². The third-order valence-electron chi connectivity index (χ3n) is 6.31. The molecule has 1 fully saturated rings. The number of hydrogen-bond donors (Lipinski definition) is 2. The molecule has 1 unspecified atom stereocenters. The number of H-pyrrole nitrogens is 1. The summed E-state index contributed by atoms with van der Waals surface area (Å²) >= 11 is 0. The molecule has 4 aromatic rings. The molecule has 1 atom stereocenters.